The second-order valence-electron chi connectivity index (χ2n) is 11.3. The van der Waals surface area contributed by atoms with Crippen molar-refractivity contribution in [1.82, 2.24) is 15.2 Å². The molecule has 2 heterocycles. The van der Waals surface area contributed by atoms with Crippen molar-refractivity contribution < 1.29 is 23.8 Å². The number of pyridine rings is 1. The number of aliphatic carboxylic acids is 1. The van der Waals surface area contributed by atoms with E-state index in [0.29, 0.717) is 11.4 Å². The van der Waals surface area contributed by atoms with Gasteiger partial charge in [-0.05, 0) is 29.9 Å². The van der Waals surface area contributed by atoms with Gasteiger partial charge in [0.2, 0.25) is 11.8 Å². The molecule has 200 valence electrons. The standard InChI is InChI=1S/C29H38FN3O4/c1-29(2,3)22-23(31-16-20-15-21(30)17-32-26(20)37-4)24(18-11-7-5-8-12-18)33(25(22)28(35)36)27(34)19-13-9-6-10-14-19/h5,7-8,11-12,15,17,19,22-25,31H,6,9-10,13-14,16H2,1-4H3,(H,35,36). The second kappa shape index (κ2) is 11.2. The largest absolute Gasteiger partial charge is 0.481 e. The molecule has 4 atom stereocenters. The number of carbonyl (C=O) groups is 2. The summed E-state index contributed by atoms with van der Waals surface area (Å²) in [4.78, 5) is 32.7. The first-order chi connectivity index (χ1) is 17.6. The average molecular weight is 512 g/mol. The van der Waals surface area contributed by atoms with Crippen LogP contribution in [0.15, 0.2) is 42.6 Å². The Labute approximate surface area is 218 Å². The number of ether oxygens (including phenoxy) is 1. The Morgan fingerprint density at radius 3 is 2.43 bits per heavy atom. The summed E-state index contributed by atoms with van der Waals surface area (Å²) in [5.41, 5.74) is 0.969. The Morgan fingerprint density at radius 2 is 1.84 bits per heavy atom. The molecule has 1 aliphatic heterocycles. The third kappa shape index (κ3) is 5.64. The maximum absolute atomic E-state index is 14.1. The molecule has 8 heteroatoms. The SMILES string of the molecule is COc1ncc(F)cc1CNC1C(c2ccccc2)N(C(=O)C2CCCCC2)C(C(=O)O)C1C(C)(C)C. The van der Waals surface area contributed by atoms with Gasteiger partial charge in [-0.15, -0.1) is 0 Å². The number of hydrogen-bond acceptors (Lipinski definition) is 5. The van der Waals surface area contributed by atoms with Crippen molar-refractivity contribution in [3.63, 3.8) is 0 Å². The molecule has 1 aromatic heterocycles. The molecule has 37 heavy (non-hydrogen) atoms. The second-order valence-corrected chi connectivity index (χ2v) is 11.3. The van der Waals surface area contributed by atoms with Crippen LogP contribution in [0, 0.1) is 23.1 Å². The number of likely N-dealkylation sites (tertiary alicyclic amines) is 1. The third-order valence-corrected chi connectivity index (χ3v) is 7.88. The van der Waals surface area contributed by atoms with Crippen molar-refractivity contribution in [2.45, 2.75) is 77.5 Å². The molecular formula is C29H38FN3O4. The lowest BCUT2D eigenvalue weighted by atomic mass is 9.72. The van der Waals surface area contributed by atoms with Crippen molar-refractivity contribution in [1.29, 1.82) is 0 Å². The van der Waals surface area contributed by atoms with Gasteiger partial charge in [0.25, 0.3) is 0 Å². The molecule has 2 N–H and O–H groups in total. The van der Waals surface area contributed by atoms with Crippen LogP contribution in [0.2, 0.25) is 0 Å². The molecule has 2 fully saturated rings. The minimum Gasteiger partial charge on any atom is -0.481 e. The molecule has 0 spiro atoms. The van der Waals surface area contributed by atoms with E-state index in [1.165, 1.54) is 13.2 Å². The van der Waals surface area contributed by atoms with E-state index in [0.717, 1.165) is 43.9 Å². The van der Waals surface area contributed by atoms with Gasteiger partial charge in [-0.2, -0.15) is 0 Å². The monoisotopic (exact) mass is 511 g/mol. The molecule has 1 aromatic carbocycles. The van der Waals surface area contributed by atoms with E-state index in [1.807, 2.05) is 51.1 Å². The Kier molecular flexibility index (Phi) is 8.17. The lowest BCUT2D eigenvalue weighted by Crippen LogP contribution is -2.49. The van der Waals surface area contributed by atoms with E-state index >= 15 is 0 Å². The number of benzene rings is 1. The zero-order chi connectivity index (χ0) is 26.7. The van der Waals surface area contributed by atoms with Gasteiger partial charge in [-0.1, -0.05) is 70.4 Å². The fraction of sp³-hybridized carbons (Fsp3) is 0.552. The van der Waals surface area contributed by atoms with Crippen molar-refractivity contribution in [3.05, 3.63) is 59.5 Å². The number of halogens is 1. The summed E-state index contributed by atoms with van der Waals surface area (Å²) in [5, 5.41) is 14.1. The average Bonchev–Trinajstić information content (AvgIpc) is 3.24. The van der Waals surface area contributed by atoms with Crippen LogP contribution >= 0.6 is 0 Å². The summed E-state index contributed by atoms with van der Waals surface area (Å²) in [7, 11) is 1.48. The van der Waals surface area contributed by atoms with Crippen LogP contribution in [0.3, 0.4) is 0 Å². The third-order valence-electron chi connectivity index (χ3n) is 7.88. The highest BCUT2D eigenvalue weighted by Crippen LogP contribution is 2.49. The Balaban J connectivity index is 1.80. The van der Waals surface area contributed by atoms with E-state index < -0.39 is 41.2 Å². The van der Waals surface area contributed by atoms with Gasteiger partial charge < -0.3 is 20.1 Å². The summed E-state index contributed by atoms with van der Waals surface area (Å²) in [6.45, 7) is 6.27. The van der Waals surface area contributed by atoms with Crippen molar-refractivity contribution >= 4 is 11.9 Å². The fourth-order valence-corrected chi connectivity index (χ4v) is 6.29. The van der Waals surface area contributed by atoms with E-state index in [2.05, 4.69) is 10.3 Å². The fourth-order valence-electron chi connectivity index (χ4n) is 6.29. The van der Waals surface area contributed by atoms with Crippen LogP contribution in [0.25, 0.3) is 0 Å². The Morgan fingerprint density at radius 1 is 1.16 bits per heavy atom. The number of nitrogens with zero attached hydrogens (tertiary/aromatic N) is 2. The molecule has 2 aliphatic rings. The first-order valence-corrected chi connectivity index (χ1v) is 13.1. The van der Waals surface area contributed by atoms with Crippen molar-refractivity contribution in [2.75, 3.05) is 7.11 Å². The summed E-state index contributed by atoms with van der Waals surface area (Å²) in [6.07, 6.45) is 5.74. The van der Waals surface area contributed by atoms with E-state index in [9.17, 15) is 19.1 Å². The van der Waals surface area contributed by atoms with E-state index in [1.54, 1.807) is 4.90 Å². The number of methoxy groups -OCH3 is 1. The number of carbonyl (C=O) groups excluding carboxylic acids is 1. The van der Waals surface area contributed by atoms with Gasteiger partial charge >= 0.3 is 5.97 Å². The summed E-state index contributed by atoms with van der Waals surface area (Å²) < 4.78 is 19.4. The molecule has 2 aromatic rings. The zero-order valence-electron chi connectivity index (χ0n) is 22.1. The van der Waals surface area contributed by atoms with Crippen molar-refractivity contribution in [3.8, 4) is 5.88 Å². The smallest absolute Gasteiger partial charge is 0.326 e. The van der Waals surface area contributed by atoms with Crippen molar-refractivity contribution in [2.24, 2.45) is 17.3 Å². The molecule has 0 bridgehead atoms. The predicted octanol–water partition coefficient (Wildman–Crippen LogP) is 4.97. The summed E-state index contributed by atoms with van der Waals surface area (Å²) in [5.74, 6) is -1.83. The maximum Gasteiger partial charge on any atom is 0.326 e. The molecule has 1 saturated carbocycles. The number of carboxylic acid groups (broad SMARTS) is 1. The number of aromatic nitrogens is 1. The van der Waals surface area contributed by atoms with E-state index in [4.69, 9.17) is 4.74 Å². The number of rotatable bonds is 7. The number of nitrogens with one attached hydrogen (secondary N) is 1. The summed E-state index contributed by atoms with van der Waals surface area (Å²) in [6, 6.07) is 9.13. The lowest BCUT2D eigenvalue weighted by Gasteiger charge is -2.36. The summed E-state index contributed by atoms with van der Waals surface area (Å²) >= 11 is 0. The molecule has 0 radical (unpaired) electrons. The van der Waals surface area contributed by atoms with E-state index in [-0.39, 0.29) is 18.4 Å². The van der Waals surface area contributed by atoms with Crippen LogP contribution in [-0.2, 0) is 16.1 Å². The van der Waals surface area contributed by atoms with Gasteiger partial charge in [0.15, 0.2) is 0 Å². The highest BCUT2D eigenvalue weighted by Gasteiger charge is 2.58. The van der Waals surface area contributed by atoms with Crippen LogP contribution in [-0.4, -0.2) is 46.1 Å². The first-order valence-electron chi connectivity index (χ1n) is 13.1. The van der Waals surface area contributed by atoms with Crippen LogP contribution in [0.5, 0.6) is 5.88 Å². The predicted molar refractivity (Wildman–Crippen MR) is 138 cm³/mol. The highest BCUT2D eigenvalue weighted by atomic mass is 19.1. The van der Waals surface area contributed by atoms with Gasteiger partial charge in [-0.3, -0.25) is 4.79 Å². The molecule has 4 unspecified atom stereocenters. The van der Waals surface area contributed by atoms with Gasteiger partial charge in [-0.25, -0.2) is 14.2 Å². The molecule has 7 nitrogen and oxygen atoms in total. The van der Waals surface area contributed by atoms with Crippen LogP contribution in [0.1, 0.15) is 70.0 Å². The maximum atomic E-state index is 14.1. The van der Waals surface area contributed by atoms with Gasteiger partial charge in [0.05, 0.1) is 19.3 Å². The quantitative estimate of drug-likeness (QED) is 0.546. The van der Waals surface area contributed by atoms with Crippen LogP contribution < -0.4 is 10.1 Å². The molecule has 1 amide bonds. The highest BCUT2D eigenvalue weighted by molar-refractivity contribution is 5.87. The minimum atomic E-state index is -1.00. The molecule has 4 rings (SSSR count). The molecular weight excluding hydrogens is 473 g/mol. The van der Waals surface area contributed by atoms with Crippen LogP contribution in [0.4, 0.5) is 4.39 Å². The van der Waals surface area contributed by atoms with Gasteiger partial charge in [0.1, 0.15) is 11.9 Å². The Hall–Kier alpha value is -3.00. The number of carboxylic acids is 1. The number of amides is 1. The molecule has 1 saturated heterocycles. The topological polar surface area (TPSA) is 91.8 Å². The lowest BCUT2D eigenvalue weighted by molar-refractivity contribution is -0.154. The Bertz CT molecular complexity index is 1100. The first kappa shape index (κ1) is 27.0. The normalized spacial score (nSPS) is 24.7. The zero-order valence-corrected chi connectivity index (χ0v) is 22.1. The molecule has 1 aliphatic carbocycles. The minimum absolute atomic E-state index is 0.0792. The number of hydrogen-bond donors (Lipinski definition) is 2. The van der Waals surface area contributed by atoms with Gasteiger partial charge in [0, 0.05) is 30.0 Å².